The van der Waals surface area contributed by atoms with Gasteiger partial charge in [0.15, 0.2) is 11.5 Å². The quantitative estimate of drug-likeness (QED) is 0.798. The first-order chi connectivity index (χ1) is 11.3. The third-order valence-electron chi connectivity index (χ3n) is 3.51. The fraction of sp³-hybridized carbons (Fsp3) is 0.562. The van der Waals surface area contributed by atoms with Crippen LogP contribution >= 0.6 is 0 Å². The summed E-state index contributed by atoms with van der Waals surface area (Å²) >= 11 is 0. The van der Waals surface area contributed by atoms with Crippen molar-refractivity contribution >= 4 is 21.6 Å². The topological polar surface area (TPSA) is 84.9 Å². The summed E-state index contributed by atoms with van der Waals surface area (Å²) in [6.45, 7) is 6.60. The molecule has 0 saturated carbocycles. The monoisotopic (exact) mass is 356 g/mol. The van der Waals surface area contributed by atoms with Crippen molar-refractivity contribution in [2.24, 2.45) is 5.92 Å². The molecule has 0 unspecified atom stereocenters. The average molecular weight is 356 g/mol. The highest BCUT2D eigenvalue weighted by Gasteiger charge is 2.25. The molecule has 2 rings (SSSR count). The molecule has 1 aliphatic rings. The van der Waals surface area contributed by atoms with E-state index in [1.54, 1.807) is 25.1 Å². The summed E-state index contributed by atoms with van der Waals surface area (Å²) in [5, 5.41) is 2.74. The Morgan fingerprint density at radius 1 is 1.25 bits per heavy atom. The van der Waals surface area contributed by atoms with Gasteiger partial charge in [-0.2, -0.15) is 0 Å². The SMILES string of the molecule is CCS(=O)(=O)N(CC(=O)NCC(C)C)c1ccc2c(c1)OCCO2. The summed E-state index contributed by atoms with van der Waals surface area (Å²) in [4.78, 5) is 12.1. The highest BCUT2D eigenvalue weighted by molar-refractivity contribution is 7.92. The molecule has 1 aliphatic heterocycles. The predicted octanol–water partition coefficient (Wildman–Crippen LogP) is 1.39. The van der Waals surface area contributed by atoms with Gasteiger partial charge in [0.1, 0.15) is 19.8 Å². The number of benzene rings is 1. The molecule has 134 valence electrons. The number of ether oxygens (including phenoxy) is 2. The van der Waals surface area contributed by atoms with E-state index in [1.165, 1.54) is 0 Å². The zero-order chi connectivity index (χ0) is 17.7. The number of carbonyl (C=O) groups excluding carboxylic acids is 1. The Bertz CT molecular complexity index is 688. The summed E-state index contributed by atoms with van der Waals surface area (Å²) in [5.74, 6) is 0.912. The molecule has 1 aromatic carbocycles. The Labute approximate surface area is 143 Å². The van der Waals surface area contributed by atoms with E-state index >= 15 is 0 Å². The molecule has 7 nitrogen and oxygen atoms in total. The average Bonchev–Trinajstić information content (AvgIpc) is 2.57. The molecule has 0 saturated heterocycles. The molecule has 1 aromatic rings. The molecule has 0 aliphatic carbocycles. The van der Waals surface area contributed by atoms with Gasteiger partial charge in [0, 0.05) is 12.6 Å². The van der Waals surface area contributed by atoms with Crippen LogP contribution in [-0.2, 0) is 14.8 Å². The van der Waals surface area contributed by atoms with Crippen LogP contribution < -0.4 is 19.1 Å². The lowest BCUT2D eigenvalue weighted by Crippen LogP contribution is -2.42. The number of carbonyl (C=O) groups is 1. The van der Waals surface area contributed by atoms with Crippen LogP contribution in [0.15, 0.2) is 18.2 Å². The maximum absolute atomic E-state index is 12.4. The van der Waals surface area contributed by atoms with Crippen LogP contribution in [0.1, 0.15) is 20.8 Å². The molecule has 0 aromatic heterocycles. The smallest absolute Gasteiger partial charge is 0.240 e. The number of nitrogens with zero attached hydrogens (tertiary/aromatic N) is 1. The van der Waals surface area contributed by atoms with Gasteiger partial charge in [0.2, 0.25) is 15.9 Å². The van der Waals surface area contributed by atoms with Crippen molar-refractivity contribution in [1.29, 1.82) is 0 Å². The second kappa shape index (κ2) is 7.74. The first-order valence-electron chi connectivity index (χ1n) is 8.00. The zero-order valence-corrected chi connectivity index (χ0v) is 15.1. The maximum atomic E-state index is 12.4. The van der Waals surface area contributed by atoms with Crippen LogP contribution in [0.5, 0.6) is 11.5 Å². The molecule has 1 N–H and O–H groups in total. The minimum Gasteiger partial charge on any atom is -0.486 e. The van der Waals surface area contributed by atoms with Gasteiger partial charge in [-0.15, -0.1) is 0 Å². The first kappa shape index (κ1) is 18.4. The molecule has 0 bridgehead atoms. The van der Waals surface area contributed by atoms with E-state index in [2.05, 4.69) is 5.32 Å². The van der Waals surface area contributed by atoms with Crippen molar-refractivity contribution in [3.05, 3.63) is 18.2 Å². The normalized spacial score (nSPS) is 13.7. The summed E-state index contributed by atoms with van der Waals surface area (Å²) in [6, 6.07) is 4.88. The second-order valence-corrected chi connectivity index (χ2v) is 8.12. The van der Waals surface area contributed by atoms with Crippen LogP contribution in [0.25, 0.3) is 0 Å². The van der Waals surface area contributed by atoms with Crippen LogP contribution in [0.3, 0.4) is 0 Å². The van der Waals surface area contributed by atoms with Gasteiger partial charge >= 0.3 is 0 Å². The van der Waals surface area contributed by atoms with Gasteiger partial charge in [0.25, 0.3) is 0 Å². The highest BCUT2D eigenvalue weighted by Crippen LogP contribution is 2.34. The summed E-state index contributed by atoms with van der Waals surface area (Å²) in [6.07, 6.45) is 0. The lowest BCUT2D eigenvalue weighted by atomic mass is 10.2. The molecular formula is C16H24N2O5S. The number of amides is 1. The van der Waals surface area contributed by atoms with E-state index < -0.39 is 10.0 Å². The van der Waals surface area contributed by atoms with E-state index in [0.29, 0.717) is 42.9 Å². The van der Waals surface area contributed by atoms with Gasteiger partial charge in [-0.05, 0) is 25.0 Å². The van der Waals surface area contributed by atoms with Gasteiger partial charge < -0.3 is 14.8 Å². The Hall–Kier alpha value is -1.96. The second-order valence-electron chi connectivity index (χ2n) is 5.93. The molecule has 0 atom stereocenters. The van der Waals surface area contributed by atoms with E-state index in [0.717, 1.165) is 4.31 Å². The maximum Gasteiger partial charge on any atom is 0.240 e. The van der Waals surface area contributed by atoms with Gasteiger partial charge in [-0.1, -0.05) is 13.8 Å². The Balaban J connectivity index is 2.25. The lowest BCUT2D eigenvalue weighted by Gasteiger charge is -2.25. The van der Waals surface area contributed by atoms with E-state index in [4.69, 9.17) is 9.47 Å². The molecular weight excluding hydrogens is 332 g/mol. The van der Waals surface area contributed by atoms with Crippen LogP contribution in [0, 0.1) is 5.92 Å². The van der Waals surface area contributed by atoms with Crippen molar-refractivity contribution in [2.75, 3.05) is 36.4 Å². The summed E-state index contributed by atoms with van der Waals surface area (Å²) < 4.78 is 36.9. The van der Waals surface area contributed by atoms with Crippen molar-refractivity contribution in [2.45, 2.75) is 20.8 Å². The number of sulfonamides is 1. The third-order valence-corrected chi connectivity index (χ3v) is 5.25. The van der Waals surface area contributed by atoms with Gasteiger partial charge in [-0.3, -0.25) is 9.10 Å². The summed E-state index contributed by atoms with van der Waals surface area (Å²) in [7, 11) is -3.60. The predicted molar refractivity (Wildman–Crippen MR) is 92.1 cm³/mol. The number of rotatable bonds is 7. The molecule has 0 spiro atoms. The number of fused-ring (bicyclic) bond motifs is 1. The Morgan fingerprint density at radius 3 is 2.54 bits per heavy atom. The van der Waals surface area contributed by atoms with Gasteiger partial charge in [0.05, 0.1) is 11.4 Å². The van der Waals surface area contributed by atoms with Crippen LogP contribution in [-0.4, -0.2) is 46.4 Å². The molecule has 1 heterocycles. The third kappa shape index (κ3) is 4.53. The molecule has 0 radical (unpaired) electrons. The minimum absolute atomic E-state index is 0.0983. The van der Waals surface area contributed by atoms with E-state index in [9.17, 15) is 13.2 Å². The van der Waals surface area contributed by atoms with Crippen LogP contribution in [0.2, 0.25) is 0 Å². The fourth-order valence-electron chi connectivity index (χ4n) is 2.20. The molecule has 24 heavy (non-hydrogen) atoms. The van der Waals surface area contributed by atoms with E-state index in [-0.39, 0.29) is 18.2 Å². The molecule has 1 amide bonds. The number of hydrogen-bond donors (Lipinski definition) is 1. The van der Waals surface area contributed by atoms with Crippen LogP contribution in [0.4, 0.5) is 5.69 Å². The number of anilines is 1. The number of hydrogen-bond acceptors (Lipinski definition) is 5. The van der Waals surface area contributed by atoms with Crippen molar-refractivity contribution in [3.63, 3.8) is 0 Å². The minimum atomic E-state index is -3.60. The Morgan fingerprint density at radius 2 is 1.92 bits per heavy atom. The molecule has 8 heteroatoms. The Kier molecular flexibility index (Phi) is 5.93. The largest absolute Gasteiger partial charge is 0.486 e. The van der Waals surface area contributed by atoms with E-state index in [1.807, 2.05) is 13.8 Å². The summed E-state index contributed by atoms with van der Waals surface area (Å²) in [5.41, 5.74) is 0.390. The lowest BCUT2D eigenvalue weighted by molar-refractivity contribution is -0.119. The standard InChI is InChI=1S/C16H24N2O5S/c1-4-24(20,21)18(11-16(19)17-10-12(2)3)13-5-6-14-15(9-13)23-8-7-22-14/h5-6,9,12H,4,7-8,10-11H2,1-3H3,(H,17,19). The van der Waals surface area contributed by atoms with Crippen molar-refractivity contribution in [3.8, 4) is 11.5 Å². The fourth-order valence-corrected chi connectivity index (χ4v) is 3.26. The highest BCUT2D eigenvalue weighted by atomic mass is 32.2. The number of nitrogens with one attached hydrogen (secondary N) is 1. The van der Waals surface area contributed by atoms with Crippen molar-refractivity contribution < 1.29 is 22.7 Å². The van der Waals surface area contributed by atoms with Gasteiger partial charge in [-0.25, -0.2) is 8.42 Å². The zero-order valence-electron chi connectivity index (χ0n) is 14.2. The van der Waals surface area contributed by atoms with Crippen molar-refractivity contribution in [1.82, 2.24) is 5.32 Å². The first-order valence-corrected chi connectivity index (χ1v) is 9.61. The molecule has 0 fully saturated rings.